The summed E-state index contributed by atoms with van der Waals surface area (Å²) >= 11 is 3.39. The van der Waals surface area contributed by atoms with Crippen molar-refractivity contribution < 1.29 is 4.74 Å². The second kappa shape index (κ2) is 7.38. The standard InChI is InChI=1S/C21H19N3OS2/c1-3-18(26-11-1)20-21(19-4-2-12-27-19)24-17-13-15(5-6-16(17)23-20)25-14-7-9-22-10-8-14/h1-6,11-14,22H,7-10H2. The smallest absolute Gasteiger partial charge is 0.122 e. The van der Waals surface area contributed by atoms with Crippen molar-refractivity contribution in [1.82, 2.24) is 15.3 Å². The number of hydrogen-bond donors (Lipinski definition) is 1. The summed E-state index contributed by atoms with van der Waals surface area (Å²) in [7, 11) is 0. The molecular weight excluding hydrogens is 374 g/mol. The van der Waals surface area contributed by atoms with Gasteiger partial charge in [0.2, 0.25) is 0 Å². The Hall–Kier alpha value is -2.28. The molecule has 1 saturated heterocycles. The monoisotopic (exact) mass is 393 g/mol. The van der Waals surface area contributed by atoms with E-state index in [1.807, 2.05) is 18.2 Å². The van der Waals surface area contributed by atoms with Crippen LogP contribution in [0.3, 0.4) is 0 Å². The Kier molecular flexibility index (Phi) is 4.61. The third-order valence-corrected chi connectivity index (χ3v) is 6.49. The van der Waals surface area contributed by atoms with Gasteiger partial charge in [-0.05, 0) is 61.0 Å². The minimum absolute atomic E-state index is 0.277. The van der Waals surface area contributed by atoms with Gasteiger partial charge in [0, 0.05) is 6.07 Å². The zero-order valence-corrected chi connectivity index (χ0v) is 16.4. The minimum atomic E-state index is 0.277. The molecule has 1 aliphatic heterocycles. The molecule has 0 unspecified atom stereocenters. The Balaban J connectivity index is 1.58. The number of piperidine rings is 1. The van der Waals surface area contributed by atoms with Gasteiger partial charge in [-0.3, -0.25) is 0 Å². The highest BCUT2D eigenvalue weighted by atomic mass is 32.1. The largest absolute Gasteiger partial charge is 0.490 e. The van der Waals surface area contributed by atoms with Crippen LogP contribution in [0.2, 0.25) is 0 Å². The molecule has 136 valence electrons. The molecule has 0 radical (unpaired) electrons. The lowest BCUT2D eigenvalue weighted by Crippen LogP contribution is -2.34. The first-order valence-corrected chi connectivity index (χ1v) is 10.9. The van der Waals surface area contributed by atoms with Crippen molar-refractivity contribution in [3.63, 3.8) is 0 Å². The third-order valence-electron chi connectivity index (χ3n) is 4.73. The van der Waals surface area contributed by atoms with Crippen molar-refractivity contribution >= 4 is 33.7 Å². The van der Waals surface area contributed by atoms with Gasteiger partial charge in [0.05, 0.1) is 20.8 Å². The topological polar surface area (TPSA) is 47.0 Å². The van der Waals surface area contributed by atoms with E-state index in [1.165, 1.54) is 0 Å². The number of fused-ring (bicyclic) bond motifs is 1. The van der Waals surface area contributed by atoms with Crippen LogP contribution in [-0.2, 0) is 0 Å². The van der Waals surface area contributed by atoms with E-state index in [2.05, 4.69) is 40.3 Å². The van der Waals surface area contributed by atoms with E-state index in [-0.39, 0.29) is 6.10 Å². The molecule has 0 atom stereocenters. The molecule has 1 fully saturated rings. The Morgan fingerprint density at radius 1 is 0.852 bits per heavy atom. The number of thiophene rings is 2. The van der Waals surface area contributed by atoms with Gasteiger partial charge in [-0.1, -0.05) is 12.1 Å². The summed E-state index contributed by atoms with van der Waals surface area (Å²) in [4.78, 5) is 12.2. The highest BCUT2D eigenvalue weighted by Crippen LogP contribution is 2.36. The van der Waals surface area contributed by atoms with Crippen molar-refractivity contribution in [1.29, 1.82) is 0 Å². The second-order valence-corrected chi connectivity index (χ2v) is 8.49. The molecular formula is C21H19N3OS2. The molecule has 4 heterocycles. The quantitative estimate of drug-likeness (QED) is 0.516. The molecule has 0 spiro atoms. The van der Waals surface area contributed by atoms with Crippen molar-refractivity contribution in [2.24, 2.45) is 0 Å². The number of ether oxygens (including phenoxy) is 1. The lowest BCUT2D eigenvalue weighted by atomic mass is 10.1. The molecule has 1 aromatic carbocycles. The van der Waals surface area contributed by atoms with E-state index in [1.54, 1.807) is 22.7 Å². The van der Waals surface area contributed by atoms with E-state index >= 15 is 0 Å². The Morgan fingerprint density at radius 2 is 1.52 bits per heavy atom. The van der Waals surface area contributed by atoms with Gasteiger partial charge in [0.1, 0.15) is 23.2 Å². The van der Waals surface area contributed by atoms with E-state index in [4.69, 9.17) is 14.7 Å². The molecule has 27 heavy (non-hydrogen) atoms. The van der Waals surface area contributed by atoms with E-state index in [0.29, 0.717) is 0 Å². The van der Waals surface area contributed by atoms with Gasteiger partial charge in [-0.25, -0.2) is 9.97 Å². The van der Waals surface area contributed by atoms with Gasteiger partial charge < -0.3 is 10.1 Å². The molecule has 5 rings (SSSR count). The average Bonchev–Trinajstić information content (AvgIpc) is 3.42. The summed E-state index contributed by atoms with van der Waals surface area (Å²) in [5, 5.41) is 7.53. The lowest BCUT2D eigenvalue weighted by molar-refractivity contribution is 0.162. The zero-order valence-electron chi connectivity index (χ0n) is 14.7. The zero-order chi connectivity index (χ0) is 18.1. The Labute approximate surface area is 165 Å². The summed E-state index contributed by atoms with van der Waals surface area (Å²) < 4.78 is 6.19. The molecule has 0 aliphatic carbocycles. The van der Waals surface area contributed by atoms with Crippen LogP contribution < -0.4 is 10.1 Å². The third kappa shape index (κ3) is 3.48. The van der Waals surface area contributed by atoms with Crippen LogP contribution in [0.4, 0.5) is 0 Å². The van der Waals surface area contributed by atoms with Crippen molar-refractivity contribution in [3.8, 4) is 26.9 Å². The van der Waals surface area contributed by atoms with E-state index < -0.39 is 0 Å². The Bertz CT molecular complexity index is 1040. The van der Waals surface area contributed by atoms with Gasteiger partial charge in [0.15, 0.2) is 0 Å². The van der Waals surface area contributed by atoms with E-state index in [9.17, 15) is 0 Å². The second-order valence-electron chi connectivity index (χ2n) is 6.59. The first kappa shape index (κ1) is 16.9. The molecule has 0 saturated carbocycles. The van der Waals surface area contributed by atoms with Crippen LogP contribution in [0.15, 0.2) is 53.2 Å². The Morgan fingerprint density at radius 3 is 2.15 bits per heavy atom. The SMILES string of the molecule is c1csc(-c2nc3ccc(OC4CCNCC4)cc3nc2-c2cccs2)c1. The maximum absolute atomic E-state index is 6.19. The average molecular weight is 394 g/mol. The van der Waals surface area contributed by atoms with Crippen LogP contribution in [0.5, 0.6) is 5.75 Å². The number of aromatic nitrogens is 2. The van der Waals surface area contributed by atoms with Gasteiger partial charge in [-0.15, -0.1) is 22.7 Å². The summed E-state index contributed by atoms with van der Waals surface area (Å²) in [6.07, 6.45) is 2.36. The number of rotatable bonds is 4. The molecule has 1 aliphatic rings. The van der Waals surface area contributed by atoms with Gasteiger partial charge in [-0.2, -0.15) is 0 Å². The predicted octanol–water partition coefficient (Wildman–Crippen LogP) is 5.22. The fourth-order valence-electron chi connectivity index (χ4n) is 3.38. The number of nitrogens with one attached hydrogen (secondary N) is 1. The molecule has 4 nitrogen and oxygen atoms in total. The number of benzene rings is 1. The van der Waals surface area contributed by atoms with Crippen molar-refractivity contribution in [2.75, 3.05) is 13.1 Å². The maximum atomic E-state index is 6.19. The van der Waals surface area contributed by atoms with Crippen LogP contribution in [-0.4, -0.2) is 29.2 Å². The summed E-state index contributed by atoms with van der Waals surface area (Å²) in [5.74, 6) is 0.879. The lowest BCUT2D eigenvalue weighted by Gasteiger charge is -2.23. The van der Waals surface area contributed by atoms with Crippen LogP contribution in [0, 0.1) is 0 Å². The molecule has 4 aromatic rings. The normalized spacial score (nSPS) is 15.3. The first-order valence-electron chi connectivity index (χ1n) is 9.14. The molecule has 6 heteroatoms. The van der Waals surface area contributed by atoms with Gasteiger partial charge >= 0.3 is 0 Å². The molecule has 1 N–H and O–H groups in total. The van der Waals surface area contributed by atoms with Crippen molar-refractivity contribution in [3.05, 3.63) is 53.2 Å². The number of nitrogens with zero attached hydrogens (tertiary/aromatic N) is 2. The fourth-order valence-corrected chi connectivity index (χ4v) is 4.81. The molecule has 0 amide bonds. The first-order chi connectivity index (χ1) is 13.4. The summed E-state index contributed by atoms with van der Waals surface area (Å²) in [6, 6.07) is 14.4. The molecule has 0 bridgehead atoms. The van der Waals surface area contributed by atoms with Crippen LogP contribution >= 0.6 is 22.7 Å². The molecule has 3 aromatic heterocycles. The van der Waals surface area contributed by atoms with E-state index in [0.717, 1.165) is 63.9 Å². The predicted molar refractivity (Wildman–Crippen MR) is 113 cm³/mol. The fraction of sp³-hybridized carbons (Fsp3) is 0.238. The summed E-state index contributed by atoms with van der Waals surface area (Å²) in [5.41, 5.74) is 3.67. The van der Waals surface area contributed by atoms with Crippen LogP contribution in [0.25, 0.3) is 32.2 Å². The van der Waals surface area contributed by atoms with Crippen molar-refractivity contribution in [2.45, 2.75) is 18.9 Å². The van der Waals surface area contributed by atoms with Crippen LogP contribution in [0.1, 0.15) is 12.8 Å². The highest BCUT2D eigenvalue weighted by molar-refractivity contribution is 7.14. The highest BCUT2D eigenvalue weighted by Gasteiger charge is 2.17. The number of hydrogen-bond acceptors (Lipinski definition) is 6. The maximum Gasteiger partial charge on any atom is 0.122 e. The summed E-state index contributed by atoms with van der Waals surface area (Å²) in [6.45, 7) is 2.04. The van der Waals surface area contributed by atoms with Gasteiger partial charge in [0.25, 0.3) is 0 Å². The minimum Gasteiger partial charge on any atom is -0.490 e.